The number of aromatic nitrogens is 5. The van der Waals surface area contributed by atoms with E-state index in [9.17, 15) is 13.2 Å². The van der Waals surface area contributed by atoms with Crippen LogP contribution in [-0.2, 0) is 12.6 Å². The smallest absolute Gasteiger partial charge is 0.416 e. The Labute approximate surface area is 175 Å². The van der Waals surface area contributed by atoms with E-state index < -0.39 is 11.7 Å². The maximum atomic E-state index is 12.9. The van der Waals surface area contributed by atoms with Gasteiger partial charge in [0.15, 0.2) is 5.82 Å². The lowest BCUT2D eigenvalue weighted by atomic mass is 10.2. The first-order chi connectivity index (χ1) is 14.9. The topological polar surface area (TPSA) is 88.6 Å². The molecule has 0 fully saturated rings. The largest absolute Gasteiger partial charge is 0.439 e. The third-order valence-electron chi connectivity index (χ3n) is 4.26. The molecule has 0 spiro atoms. The summed E-state index contributed by atoms with van der Waals surface area (Å²) in [6.45, 7) is 1.95. The van der Waals surface area contributed by atoms with Gasteiger partial charge >= 0.3 is 6.18 Å². The summed E-state index contributed by atoms with van der Waals surface area (Å²) in [5.41, 5.74) is 0.161. The summed E-state index contributed by atoms with van der Waals surface area (Å²) in [5, 5.41) is 9.57. The number of rotatable bonds is 6. The average Bonchev–Trinajstić information content (AvgIpc) is 3.22. The minimum absolute atomic E-state index is 0.143. The molecule has 0 atom stereocenters. The predicted octanol–water partition coefficient (Wildman–Crippen LogP) is 5.38. The summed E-state index contributed by atoms with van der Waals surface area (Å²) in [6.07, 6.45) is -2.10. The molecule has 2 heterocycles. The number of H-pyrrole nitrogens is 1. The zero-order valence-electron chi connectivity index (χ0n) is 16.3. The van der Waals surface area contributed by atoms with Crippen LogP contribution in [0.3, 0.4) is 0 Å². The fourth-order valence-electron chi connectivity index (χ4n) is 2.78. The van der Waals surface area contributed by atoms with Crippen LogP contribution in [0.2, 0.25) is 0 Å². The summed E-state index contributed by atoms with van der Waals surface area (Å²) in [5.74, 6) is 2.21. The van der Waals surface area contributed by atoms with E-state index in [0.717, 1.165) is 12.1 Å². The lowest BCUT2D eigenvalue weighted by Gasteiger charge is -2.08. The standard InChI is InChI=1S/C21H17F3N6O/c1-2-17-25-10-9-18(27-17)31-16-8-3-5-13(11-16)19-28-20(30-29-19)26-15-7-4-6-14(12-15)21(22,23)24/h3-12H,2H2,1H3,(H2,26,28,29,30). The maximum absolute atomic E-state index is 12.9. The summed E-state index contributed by atoms with van der Waals surface area (Å²) >= 11 is 0. The molecular weight excluding hydrogens is 409 g/mol. The van der Waals surface area contributed by atoms with Gasteiger partial charge in [0.2, 0.25) is 11.8 Å². The predicted molar refractivity (Wildman–Crippen MR) is 108 cm³/mol. The molecule has 2 aromatic heterocycles. The van der Waals surface area contributed by atoms with Gasteiger partial charge in [-0.05, 0) is 30.3 Å². The number of alkyl halides is 3. The van der Waals surface area contributed by atoms with Crippen molar-refractivity contribution >= 4 is 11.6 Å². The van der Waals surface area contributed by atoms with E-state index in [-0.39, 0.29) is 11.6 Å². The maximum Gasteiger partial charge on any atom is 0.416 e. The molecule has 0 amide bonds. The molecule has 4 aromatic rings. The number of nitrogens with zero attached hydrogens (tertiary/aromatic N) is 4. The van der Waals surface area contributed by atoms with Crippen molar-refractivity contribution in [2.75, 3.05) is 5.32 Å². The molecule has 0 saturated heterocycles. The monoisotopic (exact) mass is 426 g/mol. The Morgan fingerprint density at radius 2 is 1.87 bits per heavy atom. The van der Waals surface area contributed by atoms with E-state index in [4.69, 9.17) is 4.74 Å². The molecule has 0 aliphatic rings. The van der Waals surface area contributed by atoms with Crippen molar-refractivity contribution in [3.05, 3.63) is 72.2 Å². The van der Waals surface area contributed by atoms with Crippen LogP contribution in [0.25, 0.3) is 11.4 Å². The third kappa shape index (κ3) is 4.97. The highest BCUT2D eigenvalue weighted by Crippen LogP contribution is 2.31. The van der Waals surface area contributed by atoms with Gasteiger partial charge in [0.25, 0.3) is 0 Å². The molecule has 158 valence electrons. The van der Waals surface area contributed by atoms with Crippen molar-refractivity contribution in [3.63, 3.8) is 0 Å². The summed E-state index contributed by atoms with van der Waals surface area (Å²) in [6, 6.07) is 13.6. The molecule has 0 unspecified atom stereocenters. The van der Waals surface area contributed by atoms with Gasteiger partial charge in [-0.25, -0.2) is 4.98 Å². The lowest BCUT2D eigenvalue weighted by molar-refractivity contribution is -0.137. The number of hydrogen-bond donors (Lipinski definition) is 2. The van der Waals surface area contributed by atoms with Gasteiger partial charge in [0.05, 0.1) is 5.56 Å². The first-order valence-corrected chi connectivity index (χ1v) is 9.37. The Morgan fingerprint density at radius 1 is 1.03 bits per heavy atom. The van der Waals surface area contributed by atoms with E-state index in [1.54, 1.807) is 36.5 Å². The van der Waals surface area contributed by atoms with Crippen LogP contribution in [0.1, 0.15) is 18.3 Å². The van der Waals surface area contributed by atoms with Crippen molar-refractivity contribution in [3.8, 4) is 23.0 Å². The zero-order valence-corrected chi connectivity index (χ0v) is 16.3. The molecule has 0 saturated carbocycles. The van der Waals surface area contributed by atoms with Crippen molar-refractivity contribution in [1.29, 1.82) is 0 Å². The van der Waals surface area contributed by atoms with Crippen LogP contribution >= 0.6 is 0 Å². The van der Waals surface area contributed by atoms with E-state index in [2.05, 4.69) is 30.5 Å². The second-order valence-corrected chi connectivity index (χ2v) is 6.51. The Morgan fingerprint density at radius 3 is 2.68 bits per heavy atom. The molecule has 0 bridgehead atoms. The van der Waals surface area contributed by atoms with Crippen molar-refractivity contribution in [2.24, 2.45) is 0 Å². The molecule has 4 rings (SSSR count). The van der Waals surface area contributed by atoms with E-state index in [1.807, 2.05) is 6.92 Å². The number of anilines is 2. The normalized spacial score (nSPS) is 11.4. The van der Waals surface area contributed by atoms with E-state index in [1.165, 1.54) is 12.1 Å². The van der Waals surface area contributed by atoms with Crippen molar-refractivity contribution in [2.45, 2.75) is 19.5 Å². The Bertz CT molecular complexity index is 1190. The molecule has 2 aromatic carbocycles. The molecule has 0 aliphatic heterocycles. The van der Waals surface area contributed by atoms with Crippen molar-refractivity contribution < 1.29 is 17.9 Å². The molecular formula is C21H17F3N6O. The van der Waals surface area contributed by atoms with Crippen LogP contribution in [0.5, 0.6) is 11.6 Å². The van der Waals surface area contributed by atoms with Crippen LogP contribution in [-0.4, -0.2) is 25.1 Å². The Kier molecular flexibility index (Phi) is 5.52. The van der Waals surface area contributed by atoms with E-state index in [0.29, 0.717) is 35.3 Å². The van der Waals surface area contributed by atoms with E-state index >= 15 is 0 Å². The minimum Gasteiger partial charge on any atom is -0.439 e. The second-order valence-electron chi connectivity index (χ2n) is 6.51. The summed E-state index contributed by atoms with van der Waals surface area (Å²) in [7, 11) is 0. The number of benzene rings is 2. The summed E-state index contributed by atoms with van der Waals surface area (Å²) < 4.78 is 44.4. The van der Waals surface area contributed by atoms with Crippen LogP contribution in [0, 0.1) is 0 Å². The molecule has 10 heteroatoms. The van der Waals surface area contributed by atoms with Gasteiger partial charge < -0.3 is 10.1 Å². The number of nitrogens with one attached hydrogen (secondary N) is 2. The van der Waals surface area contributed by atoms with Gasteiger partial charge in [-0.3, -0.25) is 5.10 Å². The Balaban J connectivity index is 1.51. The first-order valence-electron chi connectivity index (χ1n) is 9.37. The second kappa shape index (κ2) is 8.42. The minimum atomic E-state index is -4.43. The van der Waals surface area contributed by atoms with Crippen molar-refractivity contribution in [1.82, 2.24) is 25.1 Å². The van der Waals surface area contributed by atoms with Gasteiger partial charge in [0.1, 0.15) is 11.6 Å². The fraction of sp³-hybridized carbons (Fsp3) is 0.143. The van der Waals surface area contributed by atoms with Crippen LogP contribution in [0.4, 0.5) is 24.8 Å². The number of ether oxygens (including phenoxy) is 1. The van der Waals surface area contributed by atoms with Gasteiger partial charge in [-0.1, -0.05) is 25.1 Å². The van der Waals surface area contributed by atoms with Gasteiger partial charge in [0, 0.05) is 29.9 Å². The van der Waals surface area contributed by atoms with Crippen LogP contribution in [0.15, 0.2) is 60.8 Å². The number of halogens is 3. The highest BCUT2D eigenvalue weighted by atomic mass is 19.4. The molecule has 0 aliphatic carbocycles. The average molecular weight is 426 g/mol. The third-order valence-corrected chi connectivity index (χ3v) is 4.26. The number of aromatic amines is 1. The van der Waals surface area contributed by atoms with Crippen LogP contribution < -0.4 is 10.1 Å². The summed E-state index contributed by atoms with van der Waals surface area (Å²) in [4.78, 5) is 12.7. The number of hydrogen-bond acceptors (Lipinski definition) is 6. The fourth-order valence-corrected chi connectivity index (χ4v) is 2.78. The first kappa shape index (κ1) is 20.3. The Hall–Kier alpha value is -3.95. The van der Waals surface area contributed by atoms with Gasteiger partial charge in [-0.15, -0.1) is 5.10 Å². The highest BCUT2D eigenvalue weighted by molar-refractivity contribution is 5.61. The lowest BCUT2D eigenvalue weighted by Crippen LogP contribution is -2.05. The SMILES string of the molecule is CCc1nccc(Oc2cccc(-c3nc(Nc4cccc(C(F)(F)F)c4)n[nH]3)c2)n1. The molecule has 2 N–H and O–H groups in total. The quantitative estimate of drug-likeness (QED) is 0.430. The molecule has 7 nitrogen and oxygen atoms in total. The number of aryl methyl sites for hydroxylation is 1. The highest BCUT2D eigenvalue weighted by Gasteiger charge is 2.30. The van der Waals surface area contributed by atoms with Gasteiger partial charge in [-0.2, -0.15) is 23.1 Å². The molecule has 0 radical (unpaired) electrons. The zero-order chi connectivity index (χ0) is 21.8. The molecule has 31 heavy (non-hydrogen) atoms.